The summed E-state index contributed by atoms with van der Waals surface area (Å²) in [7, 11) is 0. The Morgan fingerprint density at radius 3 is 2.93 bits per heavy atom. The molecule has 1 N–H and O–H groups in total. The van der Waals surface area contributed by atoms with Crippen LogP contribution in [0.3, 0.4) is 0 Å². The molecule has 0 aliphatic rings. The fraction of sp³-hybridized carbons (Fsp3) is 0.111. The summed E-state index contributed by atoms with van der Waals surface area (Å²) in [5.41, 5.74) is 0.290. The van der Waals surface area contributed by atoms with Gasteiger partial charge >= 0.3 is 5.97 Å². The Morgan fingerprint density at radius 1 is 1.67 bits per heavy atom. The van der Waals surface area contributed by atoms with Crippen molar-refractivity contribution in [3.63, 3.8) is 0 Å². The van der Waals surface area contributed by atoms with Crippen LogP contribution in [-0.4, -0.2) is 20.5 Å². The first-order valence-electron chi connectivity index (χ1n) is 4.07. The molecule has 0 aromatic carbocycles. The Morgan fingerprint density at radius 2 is 2.33 bits per heavy atom. The number of rotatable bonds is 1. The van der Waals surface area contributed by atoms with E-state index in [0.717, 1.165) is 0 Å². The van der Waals surface area contributed by atoms with Gasteiger partial charge in [0.15, 0.2) is 17.2 Å². The number of pyridine rings is 1. The minimum atomic E-state index is -1.13. The van der Waals surface area contributed by atoms with E-state index in [2.05, 4.69) is 20.9 Å². The zero-order valence-corrected chi connectivity index (χ0v) is 9.25. The molecule has 0 bridgehead atoms. The normalized spacial score (nSPS) is 10.9. The SMILES string of the molecule is Cc1nc2c(F)cc(Br)cn2c1C(=O)O. The van der Waals surface area contributed by atoms with Gasteiger partial charge in [0.05, 0.1) is 5.69 Å². The van der Waals surface area contributed by atoms with E-state index in [1.54, 1.807) is 0 Å². The Balaban J connectivity index is 2.93. The molecule has 0 aliphatic heterocycles. The van der Waals surface area contributed by atoms with Gasteiger partial charge in [-0.1, -0.05) is 0 Å². The molecule has 78 valence electrons. The predicted molar refractivity (Wildman–Crippen MR) is 54.5 cm³/mol. The smallest absolute Gasteiger partial charge is 0.354 e. The summed E-state index contributed by atoms with van der Waals surface area (Å²) in [4.78, 5) is 14.8. The van der Waals surface area contributed by atoms with Crippen molar-refractivity contribution in [1.29, 1.82) is 0 Å². The number of halogens is 2. The number of imidazole rings is 1. The standard InChI is InChI=1S/C9H6BrFN2O2/c1-4-7(9(14)15)13-3-5(10)2-6(11)8(13)12-4/h2-3H,1H3,(H,14,15). The Kier molecular flexibility index (Phi) is 2.22. The van der Waals surface area contributed by atoms with Gasteiger partial charge in [-0.3, -0.25) is 4.40 Å². The number of aromatic nitrogens is 2. The van der Waals surface area contributed by atoms with E-state index in [1.807, 2.05) is 0 Å². The molecular weight excluding hydrogens is 267 g/mol. The van der Waals surface area contributed by atoms with E-state index in [0.29, 0.717) is 10.2 Å². The van der Waals surface area contributed by atoms with Gasteiger partial charge in [-0.15, -0.1) is 0 Å². The molecule has 15 heavy (non-hydrogen) atoms. The van der Waals surface area contributed by atoms with Crippen molar-refractivity contribution in [2.24, 2.45) is 0 Å². The molecule has 0 atom stereocenters. The average Bonchev–Trinajstić information content (AvgIpc) is 2.41. The Labute approximate surface area is 92.5 Å². The lowest BCUT2D eigenvalue weighted by atomic mass is 10.3. The van der Waals surface area contributed by atoms with Crippen LogP contribution >= 0.6 is 15.9 Å². The predicted octanol–water partition coefficient (Wildman–Crippen LogP) is 2.24. The maximum absolute atomic E-state index is 13.4. The highest BCUT2D eigenvalue weighted by molar-refractivity contribution is 9.10. The first-order valence-corrected chi connectivity index (χ1v) is 4.87. The van der Waals surface area contributed by atoms with Gasteiger partial charge in [0, 0.05) is 10.7 Å². The van der Waals surface area contributed by atoms with Gasteiger partial charge in [0.1, 0.15) is 0 Å². The number of nitrogens with zero attached hydrogens (tertiary/aromatic N) is 2. The number of fused-ring (bicyclic) bond motifs is 1. The lowest BCUT2D eigenvalue weighted by Gasteiger charge is -1.99. The first-order chi connectivity index (χ1) is 7.00. The van der Waals surface area contributed by atoms with Gasteiger partial charge in [0.25, 0.3) is 0 Å². The Bertz CT molecular complexity index is 565. The molecule has 2 aromatic rings. The highest BCUT2D eigenvalue weighted by Crippen LogP contribution is 2.19. The summed E-state index contributed by atoms with van der Waals surface area (Å²) in [6.07, 6.45) is 1.47. The first kappa shape index (κ1) is 10.1. The van der Waals surface area contributed by atoms with E-state index >= 15 is 0 Å². The molecule has 2 aromatic heterocycles. The van der Waals surface area contributed by atoms with Gasteiger partial charge < -0.3 is 5.11 Å². The molecule has 0 aliphatic carbocycles. The minimum absolute atomic E-state index is 0.0214. The van der Waals surface area contributed by atoms with Gasteiger partial charge in [-0.05, 0) is 28.9 Å². The van der Waals surface area contributed by atoms with Gasteiger partial charge in [0.2, 0.25) is 0 Å². The van der Waals surface area contributed by atoms with Crippen LogP contribution in [0.5, 0.6) is 0 Å². The van der Waals surface area contributed by atoms with Crippen molar-refractivity contribution in [3.8, 4) is 0 Å². The summed E-state index contributed by atoms with van der Waals surface area (Å²) in [6, 6.07) is 1.24. The summed E-state index contributed by atoms with van der Waals surface area (Å²) in [5, 5.41) is 8.94. The maximum atomic E-state index is 13.4. The highest BCUT2D eigenvalue weighted by Gasteiger charge is 2.17. The number of aromatic carboxylic acids is 1. The number of carboxylic acid groups (broad SMARTS) is 1. The summed E-state index contributed by atoms with van der Waals surface area (Å²) in [5.74, 6) is -1.68. The van der Waals surface area contributed by atoms with E-state index in [4.69, 9.17) is 5.11 Å². The number of hydrogen-bond acceptors (Lipinski definition) is 2. The van der Waals surface area contributed by atoms with Crippen molar-refractivity contribution < 1.29 is 14.3 Å². The summed E-state index contributed by atoms with van der Waals surface area (Å²) >= 11 is 3.09. The third kappa shape index (κ3) is 1.50. The number of carboxylic acids is 1. The topological polar surface area (TPSA) is 54.6 Å². The number of hydrogen-bond donors (Lipinski definition) is 1. The molecule has 0 spiro atoms. The third-order valence-electron chi connectivity index (χ3n) is 2.02. The third-order valence-corrected chi connectivity index (χ3v) is 2.45. The fourth-order valence-corrected chi connectivity index (χ4v) is 1.85. The average molecular weight is 273 g/mol. The number of carbonyl (C=O) groups is 1. The summed E-state index contributed by atoms with van der Waals surface area (Å²) in [6.45, 7) is 1.53. The molecule has 4 nitrogen and oxygen atoms in total. The molecule has 6 heteroatoms. The number of aryl methyl sites for hydroxylation is 1. The molecule has 0 saturated carbocycles. The van der Waals surface area contributed by atoms with Crippen LogP contribution < -0.4 is 0 Å². The second-order valence-electron chi connectivity index (χ2n) is 3.05. The molecule has 2 heterocycles. The largest absolute Gasteiger partial charge is 0.477 e. The minimum Gasteiger partial charge on any atom is -0.477 e. The molecule has 0 unspecified atom stereocenters. The van der Waals surface area contributed by atoms with E-state index in [-0.39, 0.29) is 11.3 Å². The van der Waals surface area contributed by atoms with Crippen LogP contribution in [-0.2, 0) is 0 Å². The van der Waals surface area contributed by atoms with Crippen molar-refractivity contribution in [2.75, 3.05) is 0 Å². The van der Waals surface area contributed by atoms with Crippen LogP contribution in [0.25, 0.3) is 5.65 Å². The highest BCUT2D eigenvalue weighted by atomic mass is 79.9. The van der Waals surface area contributed by atoms with Crippen LogP contribution in [0.4, 0.5) is 4.39 Å². The zero-order chi connectivity index (χ0) is 11.2. The molecule has 2 rings (SSSR count). The monoisotopic (exact) mass is 272 g/mol. The molecule has 0 radical (unpaired) electrons. The maximum Gasteiger partial charge on any atom is 0.354 e. The Hall–Kier alpha value is -1.43. The van der Waals surface area contributed by atoms with Gasteiger partial charge in [-0.25, -0.2) is 14.2 Å². The second kappa shape index (κ2) is 3.30. The van der Waals surface area contributed by atoms with Crippen molar-refractivity contribution in [3.05, 3.63) is 33.9 Å². The molecule has 0 saturated heterocycles. The quantitative estimate of drug-likeness (QED) is 0.866. The zero-order valence-electron chi connectivity index (χ0n) is 7.66. The molecule has 0 fully saturated rings. The summed E-state index contributed by atoms with van der Waals surface area (Å²) < 4.78 is 15.1. The van der Waals surface area contributed by atoms with Crippen LogP contribution in [0.2, 0.25) is 0 Å². The van der Waals surface area contributed by atoms with E-state index in [9.17, 15) is 9.18 Å². The van der Waals surface area contributed by atoms with Crippen LogP contribution in [0, 0.1) is 12.7 Å². The van der Waals surface area contributed by atoms with Crippen molar-refractivity contribution in [2.45, 2.75) is 6.92 Å². The lowest BCUT2D eigenvalue weighted by molar-refractivity contribution is 0.0688. The molecular formula is C9H6BrFN2O2. The van der Waals surface area contributed by atoms with Crippen LogP contribution in [0.1, 0.15) is 16.2 Å². The van der Waals surface area contributed by atoms with Gasteiger partial charge in [-0.2, -0.15) is 0 Å². The van der Waals surface area contributed by atoms with E-state index in [1.165, 1.54) is 23.6 Å². The molecule has 0 amide bonds. The fourth-order valence-electron chi connectivity index (χ4n) is 1.44. The second-order valence-corrected chi connectivity index (χ2v) is 3.97. The van der Waals surface area contributed by atoms with Crippen molar-refractivity contribution >= 4 is 27.5 Å². The lowest BCUT2D eigenvalue weighted by Crippen LogP contribution is -2.03. The van der Waals surface area contributed by atoms with Crippen LogP contribution in [0.15, 0.2) is 16.7 Å². The van der Waals surface area contributed by atoms with E-state index < -0.39 is 11.8 Å². The van der Waals surface area contributed by atoms with Crippen molar-refractivity contribution in [1.82, 2.24) is 9.38 Å².